The highest BCUT2D eigenvalue weighted by atomic mass is 32.1. The summed E-state index contributed by atoms with van der Waals surface area (Å²) in [7, 11) is 0. The first kappa shape index (κ1) is 15.5. The molecule has 1 aromatic carbocycles. The molecule has 2 heterocycles. The number of carbonyl (C=O) groups is 1. The Hall–Kier alpha value is -2.36. The number of hydrogen-bond donors (Lipinski definition) is 1. The summed E-state index contributed by atoms with van der Waals surface area (Å²) in [6.45, 7) is 4.44. The Kier molecular flexibility index (Phi) is 4.07. The molecule has 118 valence electrons. The van der Waals surface area contributed by atoms with Gasteiger partial charge >= 0.3 is 6.09 Å². The summed E-state index contributed by atoms with van der Waals surface area (Å²) in [5, 5.41) is 12.6. The minimum atomic E-state index is -0.605. The van der Waals surface area contributed by atoms with E-state index in [4.69, 9.17) is 9.47 Å². The third-order valence-electron chi connectivity index (χ3n) is 3.57. The van der Waals surface area contributed by atoms with Gasteiger partial charge in [-0.2, -0.15) is 5.26 Å². The van der Waals surface area contributed by atoms with Crippen LogP contribution in [0.15, 0.2) is 30.3 Å². The van der Waals surface area contributed by atoms with Gasteiger partial charge in [0.2, 0.25) is 0 Å². The van der Waals surface area contributed by atoms with Crippen molar-refractivity contribution in [2.75, 3.05) is 5.32 Å². The average molecular weight is 328 g/mol. The van der Waals surface area contributed by atoms with Gasteiger partial charge < -0.3 is 9.47 Å². The quantitative estimate of drug-likeness (QED) is 0.901. The highest BCUT2D eigenvalue weighted by molar-refractivity contribution is 7.16. The zero-order valence-electron chi connectivity index (χ0n) is 12.9. The molecule has 0 spiro atoms. The summed E-state index contributed by atoms with van der Waals surface area (Å²) in [5.74, 6) is 0.453. The molecular weight excluding hydrogens is 312 g/mol. The lowest BCUT2D eigenvalue weighted by atomic mass is 9.93. The van der Waals surface area contributed by atoms with Crippen molar-refractivity contribution in [1.82, 2.24) is 0 Å². The molecule has 1 amide bonds. The molecule has 0 unspecified atom stereocenters. The smallest absolute Gasteiger partial charge is 0.410 e. The van der Waals surface area contributed by atoms with Gasteiger partial charge in [-0.25, -0.2) is 4.79 Å². The largest absolute Gasteiger partial charge is 0.417 e. The second-order valence-electron chi connectivity index (χ2n) is 5.87. The number of ether oxygens (including phenoxy) is 2. The lowest BCUT2D eigenvalue weighted by Gasteiger charge is -2.29. The van der Waals surface area contributed by atoms with E-state index in [1.165, 1.54) is 11.3 Å². The summed E-state index contributed by atoms with van der Waals surface area (Å²) in [6.07, 6.45) is 0.0448. The monoisotopic (exact) mass is 328 g/mol. The molecule has 0 fully saturated rings. The lowest BCUT2D eigenvalue weighted by molar-refractivity contribution is -0.0383. The molecule has 0 radical (unpaired) electrons. The van der Waals surface area contributed by atoms with Crippen molar-refractivity contribution in [2.45, 2.75) is 32.5 Å². The van der Waals surface area contributed by atoms with Crippen LogP contribution in [0.3, 0.4) is 0 Å². The molecule has 0 aliphatic carbocycles. The van der Waals surface area contributed by atoms with Gasteiger partial charge in [0.05, 0.1) is 17.8 Å². The normalized spacial score (nSPS) is 15.3. The van der Waals surface area contributed by atoms with Crippen molar-refractivity contribution >= 4 is 22.4 Å². The highest BCUT2D eigenvalue weighted by Gasteiger charge is 2.31. The van der Waals surface area contributed by atoms with Crippen molar-refractivity contribution < 1.29 is 14.3 Å². The topological polar surface area (TPSA) is 71.3 Å². The van der Waals surface area contributed by atoms with Gasteiger partial charge in [-0.3, -0.25) is 5.32 Å². The predicted octanol–water partition coefficient (Wildman–Crippen LogP) is 4.08. The molecule has 0 bridgehead atoms. The summed E-state index contributed by atoms with van der Waals surface area (Å²) < 4.78 is 11.0. The Bertz CT molecular complexity index is 775. The summed E-state index contributed by atoms with van der Waals surface area (Å²) in [6, 6.07) is 11.0. The number of fused-ring (bicyclic) bond motifs is 1. The molecule has 5 nitrogen and oxygen atoms in total. The van der Waals surface area contributed by atoms with Crippen molar-refractivity contribution in [2.24, 2.45) is 0 Å². The molecule has 0 saturated carbocycles. The zero-order chi connectivity index (χ0) is 16.4. The fraction of sp³-hybridized carbons (Fsp3) is 0.294. The van der Waals surface area contributed by atoms with Crippen LogP contribution >= 0.6 is 11.3 Å². The van der Waals surface area contributed by atoms with Crippen LogP contribution in [0.1, 0.15) is 29.9 Å². The molecule has 1 N–H and O–H groups in total. The van der Waals surface area contributed by atoms with Crippen LogP contribution < -0.4 is 10.1 Å². The Morgan fingerprint density at radius 2 is 2.13 bits per heavy atom. The molecule has 1 aromatic heterocycles. The number of thiophene rings is 1. The highest BCUT2D eigenvalue weighted by Crippen LogP contribution is 2.40. The maximum Gasteiger partial charge on any atom is 0.417 e. The summed E-state index contributed by atoms with van der Waals surface area (Å²) in [5.41, 5.74) is 1.16. The van der Waals surface area contributed by atoms with E-state index in [9.17, 15) is 10.1 Å². The molecule has 1 aliphatic rings. The lowest BCUT2D eigenvalue weighted by Crippen LogP contribution is -2.31. The first-order chi connectivity index (χ1) is 11.0. The van der Waals surface area contributed by atoms with Crippen LogP contribution in [0.25, 0.3) is 0 Å². The van der Waals surface area contributed by atoms with Crippen LogP contribution in [0, 0.1) is 11.3 Å². The molecular formula is C17H16N2O3S. The van der Waals surface area contributed by atoms with E-state index < -0.39 is 6.09 Å². The van der Waals surface area contributed by atoms with Crippen molar-refractivity contribution in [3.63, 3.8) is 0 Å². The Morgan fingerprint density at radius 1 is 1.39 bits per heavy atom. The standard InChI is InChI=1S/C17H16N2O3S/c1-17(2)8-12-13(9-18)15(23-14(12)10-21-17)19-16(20)22-11-6-4-3-5-7-11/h3-7H,8,10H2,1-2H3,(H,19,20). The minimum Gasteiger partial charge on any atom is -0.410 e. The number of amides is 1. The third kappa shape index (κ3) is 3.36. The summed E-state index contributed by atoms with van der Waals surface area (Å²) in [4.78, 5) is 13.0. The summed E-state index contributed by atoms with van der Waals surface area (Å²) >= 11 is 1.37. The van der Waals surface area contributed by atoms with E-state index in [0.29, 0.717) is 29.3 Å². The van der Waals surface area contributed by atoms with E-state index in [2.05, 4.69) is 11.4 Å². The molecule has 3 rings (SSSR count). The molecule has 23 heavy (non-hydrogen) atoms. The van der Waals surface area contributed by atoms with Gasteiger partial charge in [0.1, 0.15) is 16.8 Å². The molecule has 0 saturated heterocycles. The first-order valence-corrected chi connectivity index (χ1v) is 8.02. The Morgan fingerprint density at radius 3 is 2.83 bits per heavy atom. The minimum absolute atomic E-state index is 0.304. The molecule has 2 aromatic rings. The van der Waals surface area contributed by atoms with Crippen LogP contribution in [-0.2, 0) is 17.8 Å². The third-order valence-corrected chi connectivity index (χ3v) is 4.69. The van der Waals surface area contributed by atoms with Crippen molar-refractivity contribution in [1.29, 1.82) is 5.26 Å². The number of benzene rings is 1. The van der Waals surface area contributed by atoms with Crippen molar-refractivity contribution in [3.05, 3.63) is 46.3 Å². The first-order valence-electron chi connectivity index (χ1n) is 7.21. The zero-order valence-corrected chi connectivity index (χ0v) is 13.7. The maximum atomic E-state index is 12.0. The fourth-order valence-corrected chi connectivity index (χ4v) is 3.54. The second kappa shape index (κ2) is 6.03. The van der Waals surface area contributed by atoms with Gasteiger partial charge in [-0.05, 0) is 31.5 Å². The van der Waals surface area contributed by atoms with E-state index in [0.717, 1.165) is 10.4 Å². The number of nitrogens with one attached hydrogen (secondary N) is 1. The number of para-hydroxylation sites is 1. The number of nitrogens with zero attached hydrogens (tertiary/aromatic N) is 1. The van der Waals surface area contributed by atoms with E-state index in [1.807, 2.05) is 19.9 Å². The van der Waals surface area contributed by atoms with Crippen LogP contribution in [0.4, 0.5) is 9.80 Å². The van der Waals surface area contributed by atoms with E-state index >= 15 is 0 Å². The second-order valence-corrected chi connectivity index (χ2v) is 6.98. The average Bonchev–Trinajstić information content (AvgIpc) is 2.83. The van der Waals surface area contributed by atoms with E-state index in [1.54, 1.807) is 24.3 Å². The number of anilines is 1. The Balaban J connectivity index is 1.80. The molecule has 6 heteroatoms. The number of hydrogen-bond acceptors (Lipinski definition) is 5. The predicted molar refractivity (Wildman–Crippen MR) is 87.7 cm³/mol. The number of rotatable bonds is 2. The fourth-order valence-electron chi connectivity index (χ4n) is 2.47. The van der Waals surface area contributed by atoms with Crippen LogP contribution in [0.5, 0.6) is 5.75 Å². The van der Waals surface area contributed by atoms with Gasteiger partial charge in [0.15, 0.2) is 0 Å². The van der Waals surface area contributed by atoms with Gasteiger partial charge in [0.25, 0.3) is 0 Å². The maximum absolute atomic E-state index is 12.0. The molecule has 1 aliphatic heterocycles. The number of nitriles is 1. The van der Waals surface area contributed by atoms with Gasteiger partial charge in [0, 0.05) is 11.3 Å². The van der Waals surface area contributed by atoms with Gasteiger partial charge in [-0.1, -0.05) is 18.2 Å². The van der Waals surface area contributed by atoms with Gasteiger partial charge in [-0.15, -0.1) is 11.3 Å². The van der Waals surface area contributed by atoms with E-state index in [-0.39, 0.29) is 5.60 Å². The number of carbonyl (C=O) groups excluding carboxylic acids is 1. The van der Waals surface area contributed by atoms with Crippen LogP contribution in [-0.4, -0.2) is 11.7 Å². The van der Waals surface area contributed by atoms with Crippen LogP contribution in [0.2, 0.25) is 0 Å². The Labute approximate surface area is 138 Å². The SMILES string of the molecule is CC1(C)Cc2c(sc(NC(=O)Oc3ccccc3)c2C#N)CO1. The molecule has 0 atom stereocenters. The van der Waals surface area contributed by atoms with Crippen molar-refractivity contribution in [3.8, 4) is 11.8 Å².